The van der Waals surface area contributed by atoms with Gasteiger partial charge < -0.3 is 4.74 Å². The maximum Gasteiger partial charge on any atom is 0.338 e. The van der Waals surface area contributed by atoms with E-state index in [4.69, 9.17) is 4.74 Å². The van der Waals surface area contributed by atoms with Crippen molar-refractivity contribution in [3.63, 3.8) is 0 Å². The van der Waals surface area contributed by atoms with E-state index < -0.39 is 10.9 Å². The van der Waals surface area contributed by atoms with Crippen molar-refractivity contribution >= 4 is 11.7 Å². The molecular formula is C17H15NO4. The molecule has 0 saturated carbocycles. The second-order valence-electron chi connectivity index (χ2n) is 4.56. The number of non-ortho nitro benzene ring substituents is 1. The monoisotopic (exact) mass is 297 g/mol. The second-order valence-corrected chi connectivity index (χ2v) is 4.56. The average Bonchev–Trinajstić information content (AvgIpc) is 2.49. The number of nitrogens with zero attached hydrogens (tertiary/aromatic N) is 1. The molecular weight excluding hydrogens is 282 g/mol. The Morgan fingerprint density at radius 2 is 1.73 bits per heavy atom. The summed E-state index contributed by atoms with van der Waals surface area (Å²) < 4.78 is 5.18. The van der Waals surface area contributed by atoms with Gasteiger partial charge in [0.15, 0.2) is 0 Å². The molecule has 2 rings (SSSR count). The molecule has 0 spiro atoms. The molecule has 5 nitrogen and oxygen atoms in total. The van der Waals surface area contributed by atoms with Gasteiger partial charge in [-0.25, -0.2) is 4.79 Å². The van der Waals surface area contributed by atoms with Crippen LogP contribution in [0, 0.1) is 10.1 Å². The minimum atomic E-state index is -0.509. The number of carbonyl (C=O) groups is 1. The fraction of sp³-hybridized carbons (Fsp3) is 0.118. The van der Waals surface area contributed by atoms with Gasteiger partial charge in [-0.3, -0.25) is 10.1 Å². The molecule has 0 unspecified atom stereocenters. The third-order valence-corrected chi connectivity index (χ3v) is 3.00. The quantitative estimate of drug-likeness (QED) is 0.471. The van der Waals surface area contributed by atoms with Crippen molar-refractivity contribution in [2.45, 2.75) is 6.42 Å². The number of rotatable bonds is 5. The summed E-state index contributed by atoms with van der Waals surface area (Å²) in [4.78, 5) is 21.9. The number of nitro groups is 1. The largest absolute Gasteiger partial charge is 0.462 e. The van der Waals surface area contributed by atoms with E-state index in [9.17, 15) is 14.9 Å². The molecule has 0 saturated heterocycles. The van der Waals surface area contributed by atoms with Gasteiger partial charge in [-0.05, 0) is 17.7 Å². The number of hydrogen-bond donors (Lipinski definition) is 0. The van der Waals surface area contributed by atoms with Crippen LogP contribution in [0.1, 0.15) is 16.8 Å². The lowest BCUT2D eigenvalue weighted by molar-refractivity contribution is -0.384. The number of hydrogen-bond acceptors (Lipinski definition) is 4. The lowest BCUT2D eigenvalue weighted by Gasteiger charge is -2.05. The van der Waals surface area contributed by atoms with Crippen LogP contribution in [0.3, 0.4) is 0 Å². The molecule has 112 valence electrons. The Hall–Kier alpha value is -2.95. The predicted molar refractivity (Wildman–Crippen MR) is 83.5 cm³/mol. The molecule has 0 radical (unpaired) electrons. The first-order valence-electron chi connectivity index (χ1n) is 6.79. The lowest BCUT2D eigenvalue weighted by atomic mass is 10.1. The van der Waals surface area contributed by atoms with Gasteiger partial charge in [0.1, 0.15) is 0 Å². The average molecular weight is 297 g/mol. The summed E-state index contributed by atoms with van der Waals surface area (Å²) >= 11 is 0. The molecule has 0 heterocycles. The minimum Gasteiger partial charge on any atom is -0.462 e. The highest BCUT2D eigenvalue weighted by Crippen LogP contribution is 2.13. The van der Waals surface area contributed by atoms with Gasteiger partial charge in [-0.1, -0.05) is 42.5 Å². The Kier molecular flexibility index (Phi) is 5.43. The molecule has 1 aliphatic rings. The normalized spacial score (nSPS) is 19.9. The van der Waals surface area contributed by atoms with Crippen LogP contribution < -0.4 is 0 Å². The predicted octanol–water partition coefficient (Wildman–Crippen LogP) is 3.75. The summed E-state index contributed by atoms with van der Waals surface area (Å²) in [5, 5.41) is 10.5. The van der Waals surface area contributed by atoms with Crippen molar-refractivity contribution in [1.82, 2.24) is 0 Å². The molecule has 0 aromatic heterocycles. The highest BCUT2D eigenvalue weighted by Gasteiger charge is 2.10. The van der Waals surface area contributed by atoms with Crippen LogP contribution in [0.25, 0.3) is 0 Å². The number of ether oxygens (including phenoxy) is 1. The first-order chi connectivity index (χ1) is 10.7. The molecule has 0 atom stereocenters. The van der Waals surface area contributed by atoms with Gasteiger partial charge >= 0.3 is 5.97 Å². The van der Waals surface area contributed by atoms with Crippen LogP contribution in [0.2, 0.25) is 0 Å². The Balaban J connectivity index is 1.86. The standard InChI is InChI=1S/C17H15NO4/c19-17(15-8-10-16(11-9-15)18(20)21)22-13-12-14-6-4-2-1-3-5-7-14/h1-11H,12-13H2/b2-1-,3-1?,4-2?,5-3-,6-4-,7-5?,14-6?,14-7+. The van der Waals surface area contributed by atoms with E-state index in [2.05, 4.69) is 0 Å². The van der Waals surface area contributed by atoms with Crippen molar-refractivity contribution < 1.29 is 14.5 Å². The Labute approximate surface area is 128 Å². The van der Waals surface area contributed by atoms with Crippen molar-refractivity contribution in [2.24, 2.45) is 0 Å². The van der Waals surface area contributed by atoms with Gasteiger partial charge in [0.25, 0.3) is 5.69 Å². The van der Waals surface area contributed by atoms with E-state index >= 15 is 0 Å². The maximum absolute atomic E-state index is 11.8. The summed E-state index contributed by atoms with van der Waals surface area (Å²) in [5.74, 6) is -0.485. The number of carbonyl (C=O) groups excluding carboxylic acids is 1. The molecule has 0 amide bonds. The van der Waals surface area contributed by atoms with E-state index in [1.54, 1.807) is 0 Å². The molecule has 0 bridgehead atoms. The summed E-state index contributed by atoms with van der Waals surface area (Å²) in [6, 6.07) is 5.35. The zero-order valence-electron chi connectivity index (χ0n) is 11.8. The van der Waals surface area contributed by atoms with Crippen molar-refractivity contribution in [3.8, 4) is 0 Å². The van der Waals surface area contributed by atoms with E-state index in [0.717, 1.165) is 5.57 Å². The zero-order valence-corrected chi connectivity index (χ0v) is 11.8. The van der Waals surface area contributed by atoms with Crippen LogP contribution >= 0.6 is 0 Å². The van der Waals surface area contributed by atoms with Gasteiger partial charge in [-0.15, -0.1) is 0 Å². The lowest BCUT2D eigenvalue weighted by Crippen LogP contribution is -2.07. The smallest absolute Gasteiger partial charge is 0.338 e. The molecule has 0 fully saturated rings. The Morgan fingerprint density at radius 1 is 1.05 bits per heavy atom. The van der Waals surface area contributed by atoms with Gasteiger partial charge in [0.05, 0.1) is 17.1 Å². The van der Waals surface area contributed by atoms with Crippen LogP contribution in [0.5, 0.6) is 0 Å². The number of esters is 1. The van der Waals surface area contributed by atoms with E-state index in [1.807, 2.05) is 42.5 Å². The number of benzene rings is 1. The first kappa shape index (κ1) is 15.4. The van der Waals surface area contributed by atoms with E-state index in [1.165, 1.54) is 24.3 Å². The minimum absolute atomic E-state index is 0.0544. The van der Waals surface area contributed by atoms with Gasteiger partial charge in [0, 0.05) is 18.6 Å². The molecule has 1 aromatic rings. The topological polar surface area (TPSA) is 69.4 Å². The maximum atomic E-state index is 11.8. The van der Waals surface area contributed by atoms with Crippen molar-refractivity contribution in [2.75, 3.05) is 6.61 Å². The Bertz CT molecular complexity index is 666. The summed E-state index contributed by atoms with van der Waals surface area (Å²) in [5.41, 5.74) is 1.30. The fourth-order valence-corrected chi connectivity index (χ4v) is 1.84. The van der Waals surface area contributed by atoms with Crippen molar-refractivity contribution in [3.05, 3.63) is 88.0 Å². The van der Waals surface area contributed by atoms with Gasteiger partial charge in [-0.2, -0.15) is 0 Å². The zero-order chi connectivity index (χ0) is 15.8. The van der Waals surface area contributed by atoms with Crippen LogP contribution in [-0.2, 0) is 4.74 Å². The van der Waals surface area contributed by atoms with Crippen LogP contribution in [-0.4, -0.2) is 17.5 Å². The summed E-state index contributed by atoms with van der Waals surface area (Å²) in [6.45, 7) is 0.254. The number of allylic oxidation sites excluding steroid dienone is 7. The molecule has 1 aromatic carbocycles. The SMILES string of the molecule is O=C(OCCC1=C/C=C\C=C/C=C\1)c1ccc([N+](=O)[O-])cc1. The highest BCUT2D eigenvalue weighted by molar-refractivity contribution is 5.89. The van der Waals surface area contributed by atoms with E-state index in [0.29, 0.717) is 12.0 Å². The number of nitro benzene ring substituents is 1. The van der Waals surface area contributed by atoms with Crippen molar-refractivity contribution in [1.29, 1.82) is 0 Å². The molecule has 22 heavy (non-hydrogen) atoms. The third kappa shape index (κ3) is 4.56. The fourth-order valence-electron chi connectivity index (χ4n) is 1.84. The second kappa shape index (κ2) is 7.73. The Morgan fingerprint density at radius 3 is 2.45 bits per heavy atom. The molecule has 0 aliphatic heterocycles. The third-order valence-electron chi connectivity index (χ3n) is 3.00. The van der Waals surface area contributed by atoms with E-state index in [-0.39, 0.29) is 12.3 Å². The summed E-state index contributed by atoms with van der Waals surface area (Å²) in [6.07, 6.45) is 14.1. The van der Waals surface area contributed by atoms with Crippen LogP contribution in [0.15, 0.2) is 72.4 Å². The first-order valence-corrected chi connectivity index (χ1v) is 6.79. The summed E-state index contributed by atoms with van der Waals surface area (Å²) in [7, 11) is 0. The van der Waals surface area contributed by atoms with Crippen LogP contribution in [0.4, 0.5) is 5.69 Å². The molecule has 5 heteroatoms. The molecule has 0 N–H and O–H groups in total. The van der Waals surface area contributed by atoms with Gasteiger partial charge in [0.2, 0.25) is 0 Å². The highest BCUT2D eigenvalue weighted by atomic mass is 16.6. The molecule has 1 aliphatic carbocycles.